The molecule has 2 heterocycles. The predicted octanol–water partition coefficient (Wildman–Crippen LogP) is 1.83. The van der Waals surface area contributed by atoms with Crippen molar-refractivity contribution < 1.29 is 19.1 Å². The second-order valence-electron chi connectivity index (χ2n) is 6.84. The fourth-order valence-corrected chi connectivity index (χ4v) is 3.88. The van der Waals surface area contributed by atoms with Gasteiger partial charge in [-0.05, 0) is 38.8 Å². The van der Waals surface area contributed by atoms with Crippen LogP contribution in [0.5, 0.6) is 0 Å². The molecule has 0 saturated heterocycles. The largest absolute Gasteiger partial charge is 0.351 e. The van der Waals surface area contributed by atoms with Crippen molar-refractivity contribution in [1.82, 2.24) is 14.8 Å². The third-order valence-electron chi connectivity index (χ3n) is 5.08. The van der Waals surface area contributed by atoms with E-state index in [1.54, 1.807) is 4.90 Å². The normalized spacial score (nSPS) is 20.7. The van der Waals surface area contributed by atoms with Gasteiger partial charge in [0.05, 0.1) is 12.2 Å². The highest BCUT2D eigenvalue weighted by Gasteiger charge is 2.39. The van der Waals surface area contributed by atoms with E-state index in [4.69, 9.17) is 9.47 Å². The first kappa shape index (κ1) is 18.9. The summed E-state index contributed by atoms with van der Waals surface area (Å²) in [6, 6.07) is 3.36. The van der Waals surface area contributed by atoms with Crippen molar-refractivity contribution in [2.24, 2.45) is 0 Å². The molecule has 2 aliphatic rings. The van der Waals surface area contributed by atoms with E-state index < -0.39 is 12.3 Å². The second-order valence-corrected chi connectivity index (χ2v) is 6.84. The molecule has 0 spiro atoms. The fraction of sp³-hybridized carbons (Fsp3) is 0.684. The van der Waals surface area contributed by atoms with Crippen molar-refractivity contribution in [3.63, 3.8) is 0 Å². The number of rotatable bonds is 8. The summed E-state index contributed by atoms with van der Waals surface area (Å²) in [4.78, 5) is 27.4. The molecule has 1 N–H and O–H groups in total. The molecule has 144 valence electrons. The first-order chi connectivity index (χ1) is 12.6. The van der Waals surface area contributed by atoms with E-state index in [0.29, 0.717) is 13.2 Å². The molecule has 1 aliphatic carbocycles. The molecule has 2 amide bonds. The van der Waals surface area contributed by atoms with Gasteiger partial charge in [0, 0.05) is 25.5 Å². The number of hydrogen-bond acceptors (Lipinski definition) is 4. The number of nitrogens with one attached hydrogen (secondary N) is 1. The fourth-order valence-electron chi connectivity index (χ4n) is 3.88. The van der Waals surface area contributed by atoms with Gasteiger partial charge in [-0.25, -0.2) is 0 Å². The van der Waals surface area contributed by atoms with E-state index in [9.17, 15) is 9.59 Å². The van der Waals surface area contributed by atoms with Crippen LogP contribution in [-0.2, 0) is 25.6 Å². The number of carbonyl (C=O) groups is 2. The lowest BCUT2D eigenvalue weighted by atomic mass is 10.1. The molecule has 3 rings (SSSR count). The summed E-state index contributed by atoms with van der Waals surface area (Å²) in [6.07, 6.45) is 5.62. The third kappa shape index (κ3) is 4.10. The molecular weight excluding hydrogens is 334 g/mol. The van der Waals surface area contributed by atoms with E-state index in [1.807, 2.05) is 36.7 Å². The lowest BCUT2D eigenvalue weighted by Gasteiger charge is -2.38. The predicted molar refractivity (Wildman–Crippen MR) is 96.3 cm³/mol. The van der Waals surface area contributed by atoms with Crippen molar-refractivity contribution in [1.29, 1.82) is 0 Å². The Labute approximate surface area is 154 Å². The Bertz CT molecular complexity index is 618. The van der Waals surface area contributed by atoms with Crippen LogP contribution < -0.4 is 5.32 Å². The van der Waals surface area contributed by atoms with Crippen LogP contribution in [0.3, 0.4) is 0 Å². The first-order valence-corrected chi connectivity index (χ1v) is 9.62. The van der Waals surface area contributed by atoms with E-state index in [2.05, 4.69) is 5.32 Å². The highest BCUT2D eigenvalue weighted by molar-refractivity contribution is 5.90. The zero-order valence-electron chi connectivity index (χ0n) is 15.6. The quantitative estimate of drug-likeness (QED) is 0.715. The van der Waals surface area contributed by atoms with Gasteiger partial charge in [-0.15, -0.1) is 0 Å². The number of amides is 2. The summed E-state index contributed by atoms with van der Waals surface area (Å²) < 4.78 is 13.1. The van der Waals surface area contributed by atoms with Crippen LogP contribution in [0, 0.1) is 0 Å². The Morgan fingerprint density at radius 1 is 1.27 bits per heavy atom. The minimum absolute atomic E-state index is 0.0929. The number of aromatic nitrogens is 1. The molecule has 0 radical (unpaired) electrons. The van der Waals surface area contributed by atoms with Crippen LogP contribution in [0.2, 0.25) is 0 Å². The van der Waals surface area contributed by atoms with Crippen molar-refractivity contribution >= 4 is 11.8 Å². The molecule has 1 aromatic rings. The van der Waals surface area contributed by atoms with Gasteiger partial charge in [-0.1, -0.05) is 12.8 Å². The molecule has 0 aromatic carbocycles. The standard InChI is InChI=1S/C19H29N3O4/c1-3-25-17(26-4-2)13-22-16(23)12-21-11-7-10-15(21)18(22)19(24)20-14-8-5-6-9-14/h7,10-11,14,17-18H,3-6,8-9,12-13H2,1-2H3,(H,20,24)/t18-/m0/s1. The number of fused-ring (bicyclic) bond motifs is 1. The van der Waals surface area contributed by atoms with E-state index in [-0.39, 0.29) is 30.9 Å². The number of nitrogens with zero attached hydrogens (tertiary/aromatic N) is 2. The summed E-state index contributed by atoms with van der Waals surface area (Å²) >= 11 is 0. The lowest BCUT2D eigenvalue weighted by molar-refractivity contribution is -0.168. The van der Waals surface area contributed by atoms with Crippen molar-refractivity contribution in [3.05, 3.63) is 24.0 Å². The summed E-state index contributed by atoms with van der Waals surface area (Å²) in [5, 5.41) is 3.14. The monoisotopic (exact) mass is 363 g/mol. The van der Waals surface area contributed by atoms with Crippen LogP contribution in [-0.4, -0.2) is 53.4 Å². The Hall–Kier alpha value is -1.86. The highest BCUT2D eigenvalue weighted by Crippen LogP contribution is 2.29. The second kappa shape index (κ2) is 8.68. The van der Waals surface area contributed by atoms with Crippen LogP contribution in [0.1, 0.15) is 51.3 Å². The smallest absolute Gasteiger partial charge is 0.249 e. The number of carbonyl (C=O) groups excluding carboxylic acids is 2. The number of hydrogen-bond donors (Lipinski definition) is 1. The van der Waals surface area contributed by atoms with E-state index >= 15 is 0 Å². The maximum absolute atomic E-state index is 13.1. The van der Waals surface area contributed by atoms with E-state index in [1.165, 1.54) is 0 Å². The van der Waals surface area contributed by atoms with Gasteiger partial charge in [0.1, 0.15) is 6.54 Å². The Morgan fingerprint density at radius 3 is 2.62 bits per heavy atom. The molecule has 7 nitrogen and oxygen atoms in total. The minimum atomic E-state index is -0.643. The molecule has 7 heteroatoms. The SMILES string of the molecule is CCOC(CN1C(=O)Cn2cccc2[C@H]1C(=O)NC1CCCC1)OCC. The molecule has 0 unspecified atom stereocenters. The maximum atomic E-state index is 13.1. The van der Waals surface area contributed by atoms with E-state index in [0.717, 1.165) is 31.4 Å². The third-order valence-corrected chi connectivity index (χ3v) is 5.08. The molecule has 1 saturated carbocycles. The van der Waals surface area contributed by atoms with Crippen LogP contribution in [0.4, 0.5) is 0 Å². The molecule has 1 fully saturated rings. The first-order valence-electron chi connectivity index (χ1n) is 9.62. The van der Waals surface area contributed by atoms with Crippen molar-refractivity contribution in [2.45, 2.75) is 64.4 Å². The summed E-state index contributed by atoms with van der Waals surface area (Å²) in [5.74, 6) is -0.207. The molecule has 0 bridgehead atoms. The van der Waals surface area contributed by atoms with Crippen molar-refractivity contribution in [3.8, 4) is 0 Å². The summed E-state index contributed by atoms with van der Waals surface area (Å²) in [5.41, 5.74) is 0.840. The van der Waals surface area contributed by atoms with Gasteiger partial charge >= 0.3 is 0 Å². The molecular formula is C19H29N3O4. The van der Waals surface area contributed by atoms with Crippen molar-refractivity contribution in [2.75, 3.05) is 19.8 Å². The maximum Gasteiger partial charge on any atom is 0.249 e. The molecule has 1 aromatic heterocycles. The van der Waals surface area contributed by atoms with Crippen LogP contribution >= 0.6 is 0 Å². The van der Waals surface area contributed by atoms with Gasteiger partial charge in [0.25, 0.3) is 0 Å². The van der Waals surface area contributed by atoms with Gasteiger partial charge < -0.3 is 24.3 Å². The minimum Gasteiger partial charge on any atom is -0.351 e. The molecule has 1 aliphatic heterocycles. The average molecular weight is 363 g/mol. The van der Waals surface area contributed by atoms with Gasteiger partial charge in [0.15, 0.2) is 12.3 Å². The summed E-state index contributed by atoms with van der Waals surface area (Å²) in [6.45, 7) is 5.23. The van der Waals surface area contributed by atoms with Crippen LogP contribution in [0.15, 0.2) is 18.3 Å². The highest BCUT2D eigenvalue weighted by atomic mass is 16.7. The topological polar surface area (TPSA) is 72.8 Å². The van der Waals surface area contributed by atoms with Gasteiger partial charge in [-0.3, -0.25) is 9.59 Å². The number of ether oxygens (including phenoxy) is 2. The molecule has 26 heavy (non-hydrogen) atoms. The lowest BCUT2D eigenvalue weighted by Crippen LogP contribution is -2.53. The summed E-state index contributed by atoms with van der Waals surface area (Å²) in [7, 11) is 0. The zero-order valence-corrected chi connectivity index (χ0v) is 15.6. The zero-order chi connectivity index (χ0) is 18.5. The van der Waals surface area contributed by atoms with Crippen LogP contribution in [0.25, 0.3) is 0 Å². The average Bonchev–Trinajstić information content (AvgIpc) is 3.27. The molecule has 1 atom stereocenters. The Morgan fingerprint density at radius 2 is 1.96 bits per heavy atom. The Balaban J connectivity index is 1.81. The van der Waals surface area contributed by atoms with Gasteiger partial charge in [0.2, 0.25) is 11.8 Å². The van der Waals surface area contributed by atoms with Gasteiger partial charge in [-0.2, -0.15) is 0 Å². The Kier molecular flexibility index (Phi) is 6.32.